The van der Waals surface area contributed by atoms with Crippen molar-refractivity contribution in [1.29, 1.82) is 0 Å². The van der Waals surface area contributed by atoms with Crippen LogP contribution >= 0.6 is 0 Å². The van der Waals surface area contributed by atoms with E-state index in [1.54, 1.807) is 13.2 Å². The number of benzene rings is 2. The second-order valence-electron chi connectivity index (χ2n) is 4.88. The maximum Gasteiger partial charge on any atom is 0.315 e. The van der Waals surface area contributed by atoms with Gasteiger partial charge in [-0.15, -0.1) is 0 Å². The lowest BCUT2D eigenvalue weighted by Gasteiger charge is -2.09. The van der Waals surface area contributed by atoms with Crippen LogP contribution < -0.4 is 14.2 Å². The minimum atomic E-state index is -0.620. The lowest BCUT2D eigenvalue weighted by molar-refractivity contribution is -0.385. The van der Waals surface area contributed by atoms with Crippen LogP contribution in [0.1, 0.15) is 12.0 Å². The van der Waals surface area contributed by atoms with Crippen LogP contribution in [0.3, 0.4) is 0 Å². The third-order valence-electron chi connectivity index (χ3n) is 3.38. The molecule has 0 atom stereocenters. The van der Waals surface area contributed by atoms with Gasteiger partial charge in [0.25, 0.3) is 0 Å². The number of nitro groups is 1. The summed E-state index contributed by atoms with van der Waals surface area (Å²) in [7, 11) is 2.95. The van der Waals surface area contributed by atoms with Crippen LogP contribution in [0.25, 0.3) is 0 Å². The summed E-state index contributed by atoms with van der Waals surface area (Å²) in [5.41, 5.74) is 0.543. The summed E-state index contributed by atoms with van der Waals surface area (Å²) >= 11 is 0. The van der Waals surface area contributed by atoms with Crippen molar-refractivity contribution in [1.82, 2.24) is 0 Å². The molecule has 2 aromatic carbocycles. The topological polar surface area (TPSA) is 87.9 Å². The third-order valence-corrected chi connectivity index (χ3v) is 3.38. The minimum absolute atomic E-state index is 0.0730. The molecule has 0 aliphatic rings. The van der Waals surface area contributed by atoms with E-state index >= 15 is 0 Å². The predicted octanol–water partition coefficient (Wildman–Crippen LogP) is 3.15. The van der Waals surface area contributed by atoms with E-state index in [1.165, 1.54) is 25.3 Å². The van der Waals surface area contributed by atoms with Crippen LogP contribution in [0.4, 0.5) is 5.69 Å². The summed E-state index contributed by atoms with van der Waals surface area (Å²) in [5.74, 6) is 0.330. The van der Waals surface area contributed by atoms with E-state index in [9.17, 15) is 14.9 Å². The van der Waals surface area contributed by atoms with Gasteiger partial charge in [-0.05, 0) is 30.2 Å². The Hall–Kier alpha value is -3.09. The smallest absolute Gasteiger partial charge is 0.315 e. The van der Waals surface area contributed by atoms with Crippen molar-refractivity contribution in [3.8, 4) is 17.2 Å². The van der Waals surface area contributed by atoms with Crippen LogP contribution in [0.15, 0.2) is 42.5 Å². The van der Waals surface area contributed by atoms with E-state index in [0.29, 0.717) is 17.9 Å². The standard InChI is InChI=1S/C17H17NO6/c1-22-13-8-9-16(14(11-13)18(20)21)24-17(19)10-7-12-5-3-4-6-15(12)23-2/h3-6,8-9,11H,7,10H2,1-2H3. The summed E-state index contributed by atoms with van der Waals surface area (Å²) in [5, 5.41) is 11.1. The highest BCUT2D eigenvalue weighted by atomic mass is 16.6. The van der Waals surface area contributed by atoms with Crippen molar-refractivity contribution in [3.05, 3.63) is 58.1 Å². The Morgan fingerprint density at radius 3 is 2.50 bits per heavy atom. The molecule has 7 heteroatoms. The van der Waals surface area contributed by atoms with Crippen molar-refractivity contribution in [2.24, 2.45) is 0 Å². The molecule has 0 aromatic heterocycles. The first-order valence-electron chi connectivity index (χ1n) is 7.20. The zero-order valence-electron chi connectivity index (χ0n) is 13.4. The van der Waals surface area contributed by atoms with Crippen LogP contribution in [0.2, 0.25) is 0 Å². The zero-order chi connectivity index (χ0) is 17.5. The van der Waals surface area contributed by atoms with E-state index in [1.807, 2.05) is 18.2 Å². The van der Waals surface area contributed by atoms with Gasteiger partial charge in [0.1, 0.15) is 11.5 Å². The molecule has 0 N–H and O–H groups in total. The highest BCUT2D eigenvalue weighted by Gasteiger charge is 2.19. The Bertz CT molecular complexity index is 744. The van der Waals surface area contributed by atoms with Gasteiger partial charge in [-0.2, -0.15) is 0 Å². The van der Waals surface area contributed by atoms with Crippen molar-refractivity contribution < 1.29 is 23.9 Å². The second kappa shape index (κ2) is 7.96. The average molecular weight is 331 g/mol. The van der Waals surface area contributed by atoms with E-state index < -0.39 is 10.9 Å². The van der Waals surface area contributed by atoms with E-state index in [2.05, 4.69) is 0 Å². The number of rotatable bonds is 7. The van der Waals surface area contributed by atoms with Crippen molar-refractivity contribution in [3.63, 3.8) is 0 Å². The molecule has 0 heterocycles. The summed E-state index contributed by atoms with van der Waals surface area (Å²) in [6, 6.07) is 11.4. The molecule has 0 aliphatic carbocycles. The van der Waals surface area contributed by atoms with Gasteiger partial charge in [-0.1, -0.05) is 18.2 Å². The number of esters is 1. The largest absolute Gasteiger partial charge is 0.496 e. The first kappa shape index (κ1) is 17.3. The number of aryl methyl sites for hydroxylation is 1. The molecule has 0 unspecified atom stereocenters. The Labute approximate surface area is 138 Å². The van der Waals surface area contributed by atoms with Crippen LogP contribution in [0.5, 0.6) is 17.2 Å². The van der Waals surface area contributed by atoms with Gasteiger partial charge in [0.2, 0.25) is 5.75 Å². The lowest BCUT2D eigenvalue weighted by Crippen LogP contribution is -2.10. The molecular formula is C17H17NO6. The fourth-order valence-electron chi connectivity index (χ4n) is 2.17. The van der Waals surface area contributed by atoms with E-state index in [-0.39, 0.29) is 17.9 Å². The molecule has 2 rings (SSSR count). The molecule has 0 saturated carbocycles. The average Bonchev–Trinajstić information content (AvgIpc) is 2.60. The van der Waals surface area contributed by atoms with Crippen molar-refractivity contribution in [2.75, 3.05) is 14.2 Å². The number of nitrogens with zero attached hydrogens (tertiary/aromatic N) is 1. The quantitative estimate of drug-likeness (QED) is 0.335. The maximum atomic E-state index is 12.0. The number of carbonyl (C=O) groups excluding carboxylic acids is 1. The number of hydrogen-bond acceptors (Lipinski definition) is 6. The van der Waals surface area contributed by atoms with Crippen molar-refractivity contribution in [2.45, 2.75) is 12.8 Å². The van der Waals surface area contributed by atoms with Crippen LogP contribution in [-0.2, 0) is 11.2 Å². The summed E-state index contributed by atoms with van der Waals surface area (Å²) in [6.07, 6.45) is 0.482. The molecule has 2 aromatic rings. The molecule has 126 valence electrons. The number of para-hydroxylation sites is 1. The fourth-order valence-corrected chi connectivity index (χ4v) is 2.17. The lowest BCUT2D eigenvalue weighted by atomic mass is 10.1. The molecule has 0 aliphatic heterocycles. The van der Waals surface area contributed by atoms with Gasteiger partial charge >= 0.3 is 11.7 Å². The molecule has 0 spiro atoms. The highest BCUT2D eigenvalue weighted by molar-refractivity contribution is 5.74. The molecule has 0 saturated heterocycles. The first-order valence-corrected chi connectivity index (χ1v) is 7.20. The Morgan fingerprint density at radius 2 is 1.83 bits per heavy atom. The zero-order valence-corrected chi connectivity index (χ0v) is 13.4. The SMILES string of the molecule is COc1ccc(OC(=O)CCc2ccccc2OC)c([N+](=O)[O-])c1. The number of ether oxygens (including phenoxy) is 3. The minimum Gasteiger partial charge on any atom is -0.496 e. The van der Waals surface area contributed by atoms with Crippen LogP contribution in [0, 0.1) is 10.1 Å². The number of nitro benzene ring substituents is 1. The monoisotopic (exact) mass is 331 g/mol. The van der Waals surface area contributed by atoms with Crippen LogP contribution in [-0.4, -0.2) is 25.1 Å². The third kappa shape index (κ3) is 4.22. The van der Waals surface area contributed by atoms with Gasteiger partial charge in [-0.25, -0.2) is 0 Å². The van der Waals surface area contributed by atoms with Gasteiger partial charge in [0, 0.05) is 0 Å². The van der Waals surface area contributed by atoms with Gasteiger partial charge < -0.3 is 14.2 Å². The maximum absolute atomic E-state index is 12.0. The molecule has 7 nitrogen and oxygen atoms in total. The molecule has 0 bridgehead atoms. The number of carbonyl (C=O) groups is 1. The second-order valence-corrected chi connectivity index (χ2v) is 4.88. The van der Waals surface area contributed by atoms with Gasteiger partial charge in [0.05, 0.1) is 31.6 Å². The first-order chi connectivity index (χ1) is 11.5. The number of methoxy groups -OCH3 is 2. The van der Waals surface area contributed by atoms with Gasteiger partial charge in [0.15, 0.2) is 0 Å². The Kier molecular flexibility index (Phi) is 5.73. The summed E-state index contributed by atoms with van der Waals surface area (Å²) in [6.45, 7) is 0. The number of hydrogen-bond donors (Lipinski definition) is 0. The van der Waals surface area contributed by atoms with E-state index in [4.69, 9.17) is 14.2 Å². The molecule has 0 amide bonds. The molecular weight excluding hydrogens is 314 g/mol. The van der Waals surface area contributed by atoms with Crippen molar-refractivity contribution >= 4 is 11.7 Å². The summed E-state index contributed by atoms with van der Waals surface area (Å²) < 4.78 is 15.3. The molecule has 24 heavy (non-hydrogen) atoms. The Balaban J connectivity index is 2.06. The van der Waals surface area contributed by atoms with Gasteiger partial charge in [-0.3, -0.25) is 14.9 Å². The summed E-state index contributed by atoms with van der Waals surface area (Å²) in [4.78, 5) is 22.5. The Morgan fingerprint density at radius 1 is 1.08 bits per heavy atom. The fraction of sp³-hybridized carbons (Fsp3) is 0.235. The highest BCUT2D eigenvalue weighted by Crippen LogP contribution is 2.31. The normalized spacial score (nSPS) is 10.1. The molecule has 0 radical (unpaired) electrons. The molecule has 0 fully saturated rings. The van der Waals surface area contributed by atoms with E-state index in [0.717, 1.165) is 5.56 Å². The predicted molar refractivity (Wildman–Crippen MR) is 86.6 cm³/mol.